The molecule has 4 aromatic rings. The van der Waals surface area contributed by atoms with Crippen LogP contribution in [0.2, 0.25) is 5.15 Å². The van der Waals surface area contributed by atoms with Crippen LogP contribution in [0.4, 0.5) is 17.5 Å². The van der Waals surface area contributed by atoms with Crippen LogP contribution >= 0.6 is 11.6 Å². The highest BCUT2D eigenvalue weighted by molar-refractivity contribution is 6.42. The molecule has 0 fully saturated rings. The van der Waals surface area contributed by atoms with E-state index in [0.717, 1.165) is 52.4 Å². The van der Waals surface area contributed by atoms with E-state index in [0.29, 0.717) is 23.0 Å². The maximum absolute atomic E-state index is 9.97. The molecule has 0 saturated heterocycles. The van der Waals surface area contributed by atoms with Crippen molar-refractivity contribution in [1.82, 2.24) is 24.7 Å². The summed E-state index contributed by atoms with van der Waals surface area (Å²) in [6.07, 6.45) is 6.67. The molecule has 167 valence electrons. The van der Waals surface area contributed by atoms with Crippen LogP contribution in [0.1, 0.15) is 22.3 Å². The topological polar surface area (TPSA) is 95.5 Å². The molecule has 1 aliphatic heterocycles. The maximum Gasteiger partial charge on any atom is 0.251 e. The van der Waals surface area contributed by atoms with Crippen molar-refractivity contribution in [3.05, 3.63) is 76.3 Å². The predicted molar refractivity (Wildman–Crippen MR) is 133 cm³/mol. The Morgan fingerprint density at radius 2 is 2.12 bits per heavy atom. The van der Waals surface area contributed by atoms with Crippen molar-refractivity contribution in [2.45, 2.75) is 19.7 Å². The van der Waals surface area contributed by atoms with Gasteiger partial charge in [-0.15, -0.1) is 0 Å². The van der Waals surface area contributed by atoms with Crippen LogP contribution in [-0.2, 0) is 19.8 Å². The zero-order chi connectivity index (χ0) is 23.7. The number of nitriles is 1. The first-order chi connectivity index (χ1) is 16.5. The van der Waals surface area contributed by atoms with E-state index in [-0.39, 0.29) is 0 Å². The monoisotopic (exact) mass is 467 g/mol. The summed E-state index contributed by atoms with van der Waals surface area (Å²) in [6.45, 7) is 2.78. The van der Waals surface area contributed by atoms with Gasteiger partial charge in [-0.3, -0.25) is 4.68 Å². The van der Waals surface area contributed by atoms with Crippen LogP contribution in [0, 0.1) is 18.3 Å². The average Bonchev–Trinajstić information content (AvgIpc) is 3.45. The fraction of sp³-hybridized carbons (Fsp3) is 0.208. The van der Waals surface area contributed by atoms with Crippen LogP contribution < -0.4 is 10.1 Å². The van der Waals surface area contributed by atoms with Crippen molar-refractivity contribution in [1.29, 1.82) is 5.26 Å². The van der Waals surface area contributed by atoms with Crippen LogP contribution in [0.25, 0.3) is 11.3 Å². The van der Waals surface area contributed by atoms with Crippen molar-refractivity contribution in [3.63, 3.8) is 0 Å². The highest BCUT2D eigenvalue weighted by Crippen LogP contribution is 2.36. The lowest BCUT2D eigenvalue weighted by molar-refractivity contribution is 0.775. The Labute approximate surface area is 203 Å². The maximum atomic E-state index is 9.97. The highest BCUT2D eigenvalue weighted by Gasteiger charge is 2.25. The standard InChI is InChI=1S/C24H21BClN8/c1-15-14-29-24(31-20-5-8-30-33(20)2)32-21(15)18-10-16-6-9-34(22(16)19(11-18)13-27)25-12-17-4-3-7-28-23(17)26/h3-5,7-8,10-11,14H,6,9,12H2,1-2H3,(H,29,31,32). The zero-order valence-electron chi connectivity index (χ0n) is 18.8. The summed E-state index contributed by atoms with van der Waals surface area (Å²) in [6, 6.07) is 12.1. The fourth-order valence-electron chi connectivity index (χ4n) is 4.17. The number of aryl methyl sites for hydroxylation is 2. The lowest BCUT2D eigenvalue weighted by Crippen LogP contribution is -2.28. The number of rotatable bonds is 6. The number of hydrogen-bond acceptors (Lipinski definition) is 7. The van der Waals surface area contributed by atoms with Gasteiger partial charge in [-0.2, -0.15) is 10.4 Å². The second kappa shape index (κ2) is 9.16. The number of nitrogens with one attached hydrogen (secondary N) is 1. The first-order valence-corrected chi connectivity index (χ1v) is 11.3. The molecule has 0 bridgehead atoms. The highest BCUT2D eigenvalue weighted by atomic mass is 35.5. The van der Waals surface area contributed by atoms with Crippen molar-refractivity contribution in [2.24, 2.45) is 7.05 Å². The Morgan fingerprint density at radius 3 is 2.88 bits per heavy atom. The minimum Gasteiger partial charge on any atom is -0.417 e. The Morgan fingerprint density at radius 1 is 1.24 bits per heavy atom. The van der Waals surface area contributed by atoms with Gasteiger partial charge in [-0.25, -0.2) is 15.0 Å². The lowest BCUT2D eigenvalue weighted by Gasteiger charge is -2.20. The molecule has 0 aliphatic carbocycles. The van der Waals surface area contributed by atoms with Gasteiger partial charge in [-0.1, -0.05) is 17.7 Å². The van der Waals surface area contributed by atoms with Crippen LogP contribution in [0.5, 0.6) is 0 Å². The first kappa shape index (κ1) is 21.9. The Kier molecular flexibility index (Phi) is 5.91. The number of nitrogens with zero attached hydrogens (tertiary/aromatic N) is 7. The second-order valence-electron chi connectivity index (χ2n) is 8.12. The number of anilines is 3. The third-order valence-electron chi connectivity index (χ3n) is 5.89. The van der Waals surface area contributed by atoms with Crippen LogP contribution in [0.3, 0.4) is 0 Å². The van der Waals surface area contributed by atoms with Crippen LogP contribution in [-0.4, -0.2) is 38.7 Å². The molecule has 3 aromatic heterocycles. The number of aromatic nitrogens is 5. The molecule has 0 saturated carbocycles. The molecule has 1 aromatic carbocycles. The van der Waals surface area contributed by atoms with Gasteiger partial charge < -0.3 is 10.1 Å². The zero-order valence-corrected chi connectivity index (χ0v) is 19.6. The van der Waals surface area contributed by atoms with Crippen LogP contribution in [0.15, 0.2) is 48.9 Å². The van der Waals surface area contributed by atoms with E-state index >= 15 is 0 Å². The summed E-state index contributed by atoms with van der Waals surface area (Å²) in [7, 11) is 3.93. The normalized spacial score (nSPS) is 12.4. The van der Waals surface area contributed by atoms with E-state index in [2.05, 4.69) is 44.7 Å². The Bertz CT molecular complexity index is 1410. The summed E-state index contributed by atoms with van der Waals surface area (Å²) < 4.78 is 1.72. The lowest BCUT2D eigenvalue weighted by atomic mass is 9.82. The molecule has 0 spiro atoms. The summed E-state index contributed by atoms with van der Waals surface area (Å²) >= 11 is 6.21. The SMILES string of the molecule is Cc1cnc(Nc2ccnn2C)nc1-c1cc(C#N)c2c(c1)CCN2[B]Cc1cccnc1Cl. The molecule has 0 unspecified atom stereocenters. The predicted octanol–water partition coefficient (Wildman–Crippen LogP) is 4.03. The van der Waals surface area contributed by atoms with E-state index in [4.69, 9.17) is 16.6 Å². The molecule has 4 heterocycles. The number of halogens is 1. The summed E-state index contributed by atoms with van der Waals surface area (Å²) in [5.41, 5.74) is 6.29. The summed E-state index contributed by atoms with van der Waals surface area (Å²) in [5.74, 6) is 1.27. The van der Waals surface area contributed by atoms with Gasteiger partial charge in [0.2, 0.25) is 5.95 Å². The van der Waals surface area contributed by atoms with E-state index in [1.807, 2.05) is 38.2 Å². The van der Waals surface area contributed by atoms with Crippen molar-refractivity contribution in [2.75, 3.05) is 16.7 Å². The number of benzene rings is 1. The third-order valence-corrected chi connectivity index (χ3v) is 6.23. The molecule has 1 N–H and O–H groups in total. The molecule has 5 rings (SSSR count). The quantitative estimate of drug-likeness (QED) is 0.338. The van der Waals surface area contributed by atoms with Gasteiger partial charge in [0, 0.05) is 43.3 Å². The minimum atomic E-state index is 0.478. The molecule has 0 amide bonds. The van der Waals surface area contributed by atoms with Gasteiger partial charge in [0.1, 0.15) is 17.0 Å². The second-order valence-corrected chi connectivity index (χ2v) is 8.48. The van der Waals surface area contributed by atoms with Gasteiger partial charge in [0.25, 0.3) is 7.41 Å². The van der Waals surface area contributed by atoms with Crippen molar-refractivity contribution < 1.29 is 0 Å². The molecule has 1 radical (unpaired) electrons. The van der Waals surface area contributed by atoms with Crippen molar-refractivity contribution in [3.8, 4) is 17.3 Å². The smallest absolute Gasteiger partial charge is 0.251 e. The Hall–Kier alpha value is -3.90. The van der Waals surface area contributed by atoms with E-state index < -0.39 is 0 Å². The van der Waals surface area contributed by atoms with Gasteiger partial charge >= 0.3 is 0 Å². The van der Waals surface area contributed by atoms with Gasteiger partial charge in [0.05, 0.1) is 17.5 Å². The van der Waals surface area contributed by atoms with E-state index in [1.165, 1.54) is 0 Å². The van der Waals surface area contributed by atoms with Crippen molar-refractivity contribution >= 4 is 36.5 Å². The molecule has 10 heteroatoms. The first-order valence-electron chi connectivity index (χ1n) is 10.9. The summed E-state index contributed by atoms with van der Waals surface area (Å²) in [5, 5.41) is 17.8. The van der Waals surface area contributed by atoms with Gasteiger partial charge in [0.15, 0.2) is 0 Å². The minimum absolute atomic E-state index is 0.478. The molecular weight excluding hydrogens is 447 g/mol. The molecule has 1 aliphatic rings. The largest absolute Gasteiger partial charge is 0.417 e. The molecule has 0 atom stereocenters. The molecule has 34 heavy (non-hydrogen) atoms. The average molecular weight is 468 g/mol. The Balaban J connectivity index is 1.44. The number of fused-ring (bicyclic) bond motifs is 1. The van der Waals surface area contributed by atoms with E-state index in [1.54, 1.807) is 23.3 Å². The third kappa shape index (κ3) is 4.20. The fourth-order valence-corrected chi connectivity index (χ4v) is 4.36. The van der Waals surface area contributed by atoms with Gasteiger partial charge in [-0.05, 0) is 54.6 Å². The van der Waals surface area contributed by atoms with E-state index in [9.17, 15) is 5.26 Å². The molecule has 8 nitrogen and oxygen atoms in total. The molecular formula is C24H21BClN8. The summed E-state index contributed by atoms with van der Waals surface area (Å²) in [4.78, 5) is 15.4. The number of pyridine rings is 1. The number of hydrogen-bond donors (Lipinski definition) is 1.